The van der Waals surface area contributed by atoms with Gasteiger partial charge in [0, 0.05) is 0 Å². The molecule has 0 aromatic carbocycles. The molecule has 1 unspecified atom stereocenters. The van der Waals surface area contributed by atoms with Crippen LogP contribution in [0.4, 0.5) is 0 Å². The first-order chi connectivity index (χ1) is 6.33. The van der Waals surface area contributed by atoms with Crippen LogP contribution in [0.2, 0.25) is 0 Å². The minimum absolute atomic E-state index is 0.239. The molecular weight excluding hydrogens is 158 g/mol. The molecule has 0 heterocycles. The van der Waals surface area contributed by atoms with E-state index in [1.165, 1.54) is 38.5 Å². The van der Waals surface area contributed by atoms with Crippen molar-refractivity contribution in [3.8, 4) is 12.3 Å². The molecule has 74 valence electrons. The molecule has 0 aliphatic heterocycles. The van der Waals surface area contributed by atoms with Crippen molar-refractivity contribution in [2.24, 2.45) is 5.92 Å². The minimum Gasteiger partial charge on any atom is -0.304 e. The molecule has 0 aromatic heterocycles. The largest absolute Gasteiger partial charge is 0.304 e. The number of hydrogen-bond acceptors (Lipinski definition) is 1. The average Bonchev–Trinajstić information content (AvgIpc) is 2.64. The topological polar surface area (TPSA) is 12.0 Å². The van der Waals surface area contributed by atoms with E-state index in [1.807, 2.05) is 6.92 Å². The summed E-state index contributed by atoms with van der Waals surface area (Å²) in [5, 5.41) is 3.32. The number of terminal acetylenes is 1. The Labute approximate surface area is 82.3 Å². The van der Waals surface area contributed by atoms with Crippen LogP contribution >= 0.6 is 0 Å². The molecule has 0 aromatic rings. The smallest absolute Gasteiger partial charge is 0.0658 e. The van der Waals surface area contributed by atoms with Gasteiger partial charge in [-0.25, -0.2) is 0 Å². The summed E-state index contributed by atoms with van der Waals surface area (Å²) < 4.78 is 0. The molecular formula is C12H21N. The van der Waals surface area contributed by atoms with Crippen LogP contribution in [0.3, 0.4) is 0 Å². The van der Waals surface area contributed by atoms with Gasteiger partial charge in [-0.1, -0.05) is 31.6 Å². The Hall–Kier alpha value is -0.480. The van der Waals surface area contributed by atoms with Gasteiger partial charge in [-0.05, 0) is 32.2 Å². The molecule has 1 aliphatic rings. The monoisotopic (exact) mass is 179 g/mol. The molecule has 1 rings (SSSR count). The van der Waals surface area contributed by atoms with E-state index < -0.39 is 0 Å². The third-order valence-corrected chi connectivity index (χ3v) is 2.96. The number of hydrogen-bond donors (Lipinski definition) is 1. The predicted molar refractivity (Wildman–Crippen MR) is 57.5 cm³/mol. The van der Waals surface area contributed by atoms with Gasteiger partial charge in [0.15, 0.2) is 0 Å². The Kier molecular flexibility index (Phi) is 4.93. The third-order valence-electron chi connectivity index (χ3n) is 2.96. The molecule has 0 radical (unpaired) electrons. The van der Waals surface area contributed by atoms with Crippen LogP contribution in [0, 0.1) is 18.3 Å². The van der Waals surface area contributed by atoms with Crippen LogP contribution in [0.15, 0.2) is 0 Å². The fourth-order valence-corrected chi connectivity index (χ4v) is 2.07. The lowest BCUT2D eigenvalue weighted by Crippen LogP contribution is -2.25. The van der Waals surface area contributed by atoms with E-state index in [2.05, 4.69) is 11.2 Å². The Morgan fingerprint density at radius 3 is 2.77 bits per heavy atom. The normalized spacial score (nSPS) is 20.0. The summed E-state index contributed by atoms with van der Waals surface area (Å²) >= 11 is 0. The summed E-state index contributed by atoms with van der Waals surface area (Å²) in [7, 11) is 0. The van der Waals surface area contributed by atoms with Gasteiger partial charge in [-0.15, -0.1) is 6.42 Å². The van der Waals surface area contributed by atoms with Gasteiger partial charge >= 0.3 is 0 Å². The molecule has 1 N–H and O–H groups in total. The summed E-state index contributed by atoms with van der Waals surface area (Å²) in [6.45, 7) is 3.12. The second-order valence-corrected chi connectivity index (χ2v) is 4.14. The van der Waals surface area contributed by atoms with Crippen molar-refractivity contribution in [3.63, 3.8) is 0 Å². The first-order valence-corrected chi connectivity index (χ1v) is 5.52. The Morgan fingerprint density at radius 2 is 2.15 bits per heavy atom. The number of rotatable bonds is 5. The quantitative estimate of drug-likeness (QED) is 0.505. The van der Waals surface area contributed by atoms with Gasteiger partial charge in [0.2, 0.25) is 0 Å². The van der Waals surface area contributed by atoms with Crippen LogP contribution < -0.4 is 5.32 Å². The fourth-order valence-electron chi connectivity index (χ4n) is 2.07. The lowest BCUT2D eigenvalue weighted by molar-refractivity contribution is 0.466. The Morgan fingerprint density at radius 1 is 1.46 bits per heavy atom. The molecule has 1 heteroatoms. The highest BCUT2D eigenvalue weighted by molar-refractivity contribution is 4.95. The van der Waals surface area contributed by atoms with Crippen LogP contribution in [0.1, 0.15) is 45.4 Å². The van der Waals surface area contributed by atoms with Crippen LogP contribution in [0.25, 0.3) is 0 Å². The Bertz CT molecular complexity index is 162. The molecule has 1 fully saturated rings. The van der Waals surface area contributed by atoms with E-state index >= 15 is 0 Å². The highest BCUT2D eigenvalue weighted by atomic mass is 14.9. The van der Waals surface area contributed by atoms with E-state index in [-0.39, 0.29) is 6.04 Å². The van der Waals surface area contributed by atoms with Crippen molar-refractivity contribution in [1.82, 2.24) is 5.32 Å². The zero-order valence-electron chi connectivity index (χ0n) is 8.68. The van der Waals surface area contributed by atoms with E-state index in [1.54, 1.807) is 0 Å². The third kappa shape index (κ3) is 4.33. The van der Waals surface area contributed by atoms with Crippen molar-refractivity contribution < 1.29 is 0 Å². The van der Waals surface area contributed by atoms with E-state index in [0.29, 0.717) is 0 Å². The Balaban J connectivity index is 1.92. The van der Waals surface area contributed by atoms with E-state index in [9.17, 15) is 0 Å². The van der Waals surface area contributed by atoms with Gasteiger partial charge in [0.1, 0.15) is 0 Å². The minimum atomic E-state index is 0.239. The molecule has 1 saturated carbocycles. The van der Waals surface area contributed by atoms with Crippen molar-refractivity contribution >= 4 is 0 Å². The summed E-state index contributed by atoms with van der Waals surface area (Å²) in [6, 6.07) is 0.239. The summed E-state index contributed by atoms with van der Waals surface area (Å²) in [6.07, 6.45) is 13.8. The van der Waals surface area contributed by atoms with E-state index in [4.69, 9.17) is 6.42 Å². The number of nitrogens with one attached hydrogen (secondary N) is 1. The first-order valence-electron chi connectivity index (χ1n) is 5.52. The second-order valence-electron chi connectivity index (χ2n) is 4.14. The van der Waals surface area contributed by atoms with Gasteiger partial charge in [-0.3, -0.25) is 0 Å². The lowest BCUT2D eigenvalue weighted by Gasteiger charge is -2.10. The molecule has 1 atom stereocenters. The zero-order chi connectivity index (χ0) is 9.52. The van der Waals surface area contributed by atoms with Crippen LogP contribution in [-0.4, -0.2) is 12.6 Å². The molecule has 1 nitrogen and oxygen atoms in total. The van der Waals surface area contributed by atoms with Crippen LogP contribution in [-0.2, 0) is 0 Å². The van der Waals surface area contributed by atoms with Crippen molar-refractivity contribution in [3.05, 3.63) is 0 Å². The van der Waals surface area contributed by atoms with Gasteiger partial charge in [-0.2, -0.15) is 0 Å². The molecule has 13 heavy (non-hydrogen) atoms. The lowest BCUT2D eigenvalue weighted by atomic mass is 10.0. The standard InChI is InChI=1S/C12H21N/c1-3-11(2)13-10-6-9-12-7-4-5-8-12/h1,11-13H,4-10H2,2H3. The maximum atomic E-state index is 5.26. The molecule has 0 spiro atoms. The molecule has 0 amide bonds. The van der Waals surface area contributed by atoms with Crippen LogP contribution in [0.5, 0.6) is 0 Å². The highest BCUT2D eigenvalue weighted by Gasteiger charge is 2.13. The molecule has 0 bridgehead atoms. The maximum absolute atomic E-state index is 5.26. The van der Waals surface area contributed by atoms with Gasteiger partial charge in [0.25, 0.3) is 0 Å². The zero-order valence-corrected chi connectivity index (χ0v) is 8.68. The average molecular weight is 179 g/mol. The fraction of sp³-hybridized carbons (Fsp3) is 0.833. The van der Waals surface area contributed by atoms with Gasteiger partial charge in [0.05, 0.1) is 6.04 Å². The summed E-state index contributed by atoms with van der Waals surface area (Å²) in [5.74, 6) is 3.70. The van der Waals surface area contributed by atoms with E-state index in [0.717, 1.165) is 12.5 Å². The van der Waals surface area contributed by atoms with Gasteiger partial charge < -0.3 is 5.32 Å². The molecule has 0 saturated heterocycles. The highest BCUT2D eigenvalue weighted by Crippen LogP contribution is 2.28. The second kappa shape index (κ2) is 6.05. The summed E-state index contributed by atoms with van der Waals surface area (Å²) in [4.78, 5) is 0. The first kappa shape index (κ1) is 10.6. The predicted octanol–water partition coefficient (Wildman–Crippen LogP) is 2.57. The van der Waals surface area contributed by atoms with Crippen molar-refractivity contribution in [2.45, 2.75) is 51.5 Å². The van der Waals surface area contributed by atoms with Crippen molar-refractivity contribution in [2.75, 3.05) is 6.54 Å². The summed E-state index contributed by atoms with van der Waals surface area (Å²) in [5.41, 5.74) is 0. The maximum Gasteiger partial charge on any atom is 0.0658 e. The van der Waals surface area contributed by atoms with Crippen molar-refractivity contribution in [1.29, 1.82) is 0 Å². The SMILES string of the molecule is C#CC(C)NCCCC1CCCC1. The molecule has 1 aliphatic carbocycles.